The van der Waals surface area contributed by atoms with Gasteiger partial charge < -0.3 is 10.2 Å². The van der Waals surface area contributed by atoms with E-state index in [0.29, 0.717) is 10.8 Å². The van der Waals surface area contributed by atoms with Gasteiger partial charge in [-0.3, -0.25) is 0 Å². The Labute approximate surface area is 165 Å². The van der Waals surface area contributed by atoms with Gasteiger partial charge in [0.25, 0.3) is 0 Å². The van der Waals surface area contributed by atoms with Crippen LogP contribution in [0.25, 0.3) is 0 Å². The number of aliphatic hydroxyl groups is 2. The number of aliphatic hydroxyl groups excluding tert-OH is 1. The van der Waals surface area contributed by atoms with Gasteiger partial charge in [0, 0.05) is 0 Å². The molecule has 2 nitrogen and oxygen atoms in total. The summed E-state index contributed by atoms with van der Waals surface area (Å²) in [5, 5.41) is 20.4. The average molecular weight is 373 g/mol. The maximum absolute atomic E-state index is 10.2. The highest BCUT2D eigenvalue weighted by Gasteiger charge is 2.58. The highest BCUT2D eigenvalue weighted by Crippen LogP contribution is 2.66. The number of hydrogen-bond donors (Lipinski definition) is 2. The Morgan fingerprint density at radius 2 is 1.81 bits per heavy atom. The molecule has 152 valence electrons. The van der Waals surface area contributed by atoms with Gasteiger partial charge in [-0.05, 0) is 112 Å². The third-order valence-electron chi connectivity index (χ3n) is 10.3. The fourth-order valence-corrected chi connectivity index (χ4v) is 8.30. The maximum Gasteiger partial charge on any atom is 0.0650 e. The fraction of sp³-hybridized carbons (Fsp3) is 0.920. The molecule has 4 saturated carbocycles. The SMILES string of the molecule is C[C@]12CC[C@H](O)CC1=CCC1C2CC[C@@]2(C)C1CC[C@@H]2CCCC1(O)CC1. The molecule has 0 amide bonds. The molecule has 5 rings (SSSR count). The molecule has 5 aliphatic rings. The van der Waals surface area contributed by atoms with E-state index in [4.69, 9.17) is 0 Å². The predicted octanol–water partition coefficient (Wildman–Crippen LogP) is 5.62. The van der Waals surface area contributed by atoms with E-state index in [1.807, 2.05) is 0 Å². The van der Waals surface area contributed by atoms with Crippen LogP contribution >= 0.6 is 0 Å². The number of hydrogen-bond acceptors (Lipinski definition) is 2. The van der Waals surface area contributed by atoms with Crippen molar-refractivity contribution in [3.63, 3.8) is 0 Å². The molecule has 4 fully saturated rings. The van der Waals surface area contributed by atoms with E-state index in [-0.39, 0.29) is 11.7 Å². The normalized spacial score (nSPS) is 50.4. The van der Waals surface area contributed by atoms with Crippen LogP contribution in [-0.4, -0.2) is 21.9 Å². The van der Waals surface area contributed by atoms with Gasteiger partial charge in [-0.1, -0.05) is 31.9 Å². The van der Waals surface area contributed by atoms with Gasteiger partial charge in [-0.25, -0.2) is 0 Å². The lowest BCUT2D eigenvalue weighted by atomic mass is 9.47. The zero-order chi connectivity index (χ0) is 18.9. The molecule has 3 unspecified atom stereocenters. The van der Waals surface area contributed by atoms with Crippen molar-refractivity contribution in [3.8, 4) is 0 Å². The topological polar surface area (TPSA) is 40.5 Å². The van der Waals surface area contributed by atoms with E-state index in [1.165, 1.54) is 51.4 Å². The summed E-state index contributed by atoms with van der Waals surface area (Å²) in [4.78, 5) is 0. The molecule has 7 atom stereocenters. The summed E-state index contributed by atoms with van der Waals surface area (Å²) in [6.07, 6.45) is 18.3. The van der Waals surface area contributed by atoms with Crippen molar-refractivity contribution >= 4 is 0 Å². The van der Waals surface area contributed by atoms with Crippen LogP contribution in [0.5, 0.6) is 0 Å². The minimum atomic E-state index is -0.263. The predicted molar refractivity (Wildman–Crippen MR) is 109 cm³/mol. The Balaban J connectivity index is 1.31. The van der Waals surface area contributed by atoms with Crippen molar-refractivity contribution in [1.82, 2.24) is 0 Å². The maximum atomic E-state index is 10.2. The zero-order valence-electron chi connectivity index (χ0n) is 17.6. The molecule has 0 aliphatic heterocycles. The van der Waals surface area contributed by atoms with Crippen LogP contribution in [0, 0.1) is 34.5 Å². The summed E-state index contributed by atoms with van der Waals surface area (Å²) in [6.45, 7) is 5.16. The molecule has 5 aliphatic carbocycles. The molecule has 0 aromatic carbocycles. The van der Waals surface area contributed by atoms with Crippen molar-refractivity contribution in [2.75, 3.05) is 0 Å². The molecular formula is C25H40O2. The minimum absolute atomic E-state index is 0.0909. The summed E-state index contributed by atoms with van der Waals surface area (Å²) in [5.74, 6) is 3.53. The van der Waals surface area contributed by atoms with Crippen LogP contribution in [0.3, 0.4) is 0 Å². The van der Waals surface area contributed by atoms with Gasteiger partial charge >= 0.3 is 0 Å². The van der Waals surface area contributed by atoms with Crippen molar-refractivity contribution in [3.05, 3.63) is 11.6 Å². The fourth-order valence-electron chi connectivity index (χ4n) is 8.30. The monoisotopic (exact) mass is 372 g/mol. The number of allylic oxidation sites excluding steroid dienone is 1. The van der Waals surface area contributed by atoms with Gasteiger partial charge in [0.05, 0.1) is 11.7 Å². The van der Waals surface area contributed by atoms with Crippen molar-refractivity contribution in [2.45, 2.75) is 109 Å². The van der Waals surface area contributed by atoms with Crippen LogP contribution in [0.2, 0.25) is 0 Å². The third kappa shape index (κ3) is 2.96. The summed E-state index contributed by atoms with van der Waals surface area (Å²) in [5.41, 5.74) is 2.25. The van der Waals surface area contributed by atoms with Crippen molar-refractivity contribution < 1.29 is 10.2 Å². The molecule has 2 heteroatoms. The summed E-state index contributed by atoms with van der Waals surface area (Å²) >= 11 is 0. The summed E-state index contributed by atoms with van der Waals surface area (Å²) in [6, 6.07) is 0. The van der Waals surface area contributed by atoms with Crippen LogP contribution in [0.1, 0.15) is 97.3 Å². The van der Waals surface area contributed by atoms with E-state index < -0.39 is 0 Å². The van der Waals surface area contributed by atoms with Crippen LogP contribution in [0.4, 0.5) is 0 Å². The summed E-state index contributed by atoms with van der Waals surface area (Å²) in [7, 11) is 0. The Bertz CT molecular complexity index is 620. The second-order valence-corrected chi connectivity index (χ2v) is 11.6. The van der Waals surface area contributed by atoms with Crippen molar-refractivity contribution in [1.29, 1.82) is 0 Å². The smallest absolute Gasteiger partial charge is 0.0650 e. The van der Waals surface area contributed by atoms with Crippen LogP contribution < -0.4 is 0 Å². The highest BCUT2D eigenvalue weighted by molar-refractivity contribution is 5.25. The first-order chi connectivity index (χ1) is 12.8. The molecule has 2 N–H and O–H groups in total. The molecule has 0 aromatic rings. The van der Waals surface area contributed by atoms with E-state index >= 15 is 0 Å². The zero-order valence-corrected chi connectivity index (χ0v) is 17.6. The molecule has 0 aromatic heterocycles. The molecule has 0 saturated heterocycles. The molecular weight excluding hydrogens is 332 g/mol. The lowest BCUT2D eigenvalue weighted by Crippen LogP contribution is -2.50. The number of fused-ring (bicyclic) bond motifs is 5. The lowest BCUT2D eigenvalue weighted by molar-refractivity contribution is -0.0511. The van der Waals surface area contributed by atoms with Gasteiger partial charge in [0.15, 0.2) is 0 Å². The molecule has 0 heterocycles. The van der Waals surface area contributed by atoms with E-state index in [1.54, 1.807) is 5.57 Å². The van der Waals surface area contributed by atoms with E-state index in [0.717, 1.165) is 55.8 Å². The van der Waals surface area contributed by atoms with Gasteiger partial charge in [0.1, 0.15) is 0 Å². The Morgan fingerprint density at radius 3 is 2.59 bits per heavy atom. The van der Waals surface area contributed by atoms with E-state index in [2.05, 4.69) is 19.9 Å². The molecule has 27 heavy (non-hydrogen) atoms. The quantitative estimate of drug-likeness (QED) is 0.629. The standard InChI is InChI=1S/C25H40O2/c1-23-13-10-22-20(7-5-18-16-19(26)9-12-24(18,22)2)21(23)8-6-17(23)4-3-11-25(27)14-15-25/h5,17,19-22,26-27H,3-4,6-16H2,1-2H3/t17-,19-,20?,21?,22?,23+,24-/m0/s1. The Hall–Kier alpha value is -0.340. The molecule has 0 bridgehead atoms. The minimum Gasteiger partial charge on any atom is -0.393 e. The van der Waals surface area contributed by atoms with Gasteiger partial charge in [-0.15, -0.1) is 0 Å². The van der Waals surface area contributed by atoms with Crippen molar-refractivity contribution in [2.24, 2.45) is 34.5 Å². The largest absolute Gasteiger partial charge is 0.393 e. The molecule has 0 spiro atoms. The average Bonchev–Trinajstić information content (AvgIpc) is 3.27. The first-order valence-electron chi connectivity index (χ1n) is 11.9. The summed E-state index contributed by atoms with van der Waals surface area (Å²) < 4.78 is 0. The first kappa shape index (κ1) is 18.7. The Kier molecular flexibility index (Phi) is 4.38. The second-order valence-electron chi connectivity index (χ2n) is 11.6. The first-order valence-corrected chi connectivity index (χ1v) is 11.9. The number of rotatable bonds is 4. The van der Waals surface area contributed by atoms with Gasteiger partial charge in [0.2, 0.25) is 0 Å². The second kappa shape index (κ2) is 6.33. The molecule has 0 radical (unpaired) electrons. The Morgan fingerprint density at radius 1 is 1.00 bits per heavy atom. The van der Waals surface area contributed by atoms with Crippen LogP contribution in [0.15, 0.2) is 11.6 Å². The highest BCUT2D eigenvalue weighted by atomic mass is 16.3. The van der Waals surface area contributed by atoms with Gasteiger partial charge in [-0.2, -0.15) is 0 Å². The van der Waals surface area contributed by atoms with E-state index in [9.17, 15) is 10.2 Å². The third-order valence-corrected chi connectivity index (χ3v) is 10.3. The van der Waals surface area contributed by atoms with Crippen LogP contribution in [-0.2, 0) is 0 Å². The lowest BCUT2D eigenvalue weighted by Gasteiger charge is -2.58.